The molecule has 2 atom stereocenters. The average Bonchev–Trinajstić information content (AvgIpc) is 2.26. The molecule has 1 rings (SSSR count). The Hall–Kier alpha value is -0.510. The van der Waals surface area contributed by atoms with E-state index in [4.69, 9.17) is 0 Å². The lowest BCUT2D eigenvalue weighted by atomic mass is 10.1. The first-order valence-electron chi connectivity index (χ1n) is 5.66. The molecule has 0 spiro atoms. The molecule has 3 heteroatoms. The van der Waals surface area contributed by atoms with Crippen molar-refractivity contribution in [1.29, 1.82) is 0 Å². The van der Waals surface area contributed by atoms with Crippen LogP contribution in [0.25, 0.3) is 0 Å². The van der Waals surface area contributed by atoms with Gasteiger partial charge in [0.05, 0.1) is 6.10 Å². The van der Waals surface area contributed by atoms with E-state index in [2.05, 4.69) is 42.8 Å². The third kappa shape index (κ3) is 5.01. The molecule has 0 unspecified atom stereocenters. The maximum Gasteiger partial charge on any atom is 0.0526 e. The van der Waals surface area contributed by atoms with Gasteiger partial charge in [0.15, 0.2) is 0 Å². The average molecular weight is 239 g/mol. The number of aliphatic hydroxyl groups is 1. The van der Waals surface area contributed by atoms with Crippen molar-refractivity contribution in [2.45, 2.75) is 43.9 Å². The molecule has 0 saturated heterocycles. The second-order valence-electron chi connectivity index (χ2n) is 4.21. The topological polar surface area (TPSA) is 32.3 Å². The third-order valence-electron chi connectivity index (χ3n) is 2.51. The number of thioether (sulfide) groups is 1. The van der Waals surface area contributed by atoms with Crippen LogP contribution >= 0.6 is 11.8 Å². The fraction of sp³-hybridized carbons (Fsp3) is 0.538. The summed E-state index contributed by atoms with van der Waals surface area (Å²) in [4.78, 5) is 1.29. The summed E-state index contributed by atoms with van der Waals surface area (Å²) < 4.78 is 0. The summed E-state index contributed by atoms with van der Waals surface area (Å²) in [5, 5.41) is 12.6. The molecule has 2 nitrogen and oxygen atoms in total. The second-order valence-corrected chi connectivity index (χ2v) is 5.09. The number of nitrogens with one attached hydrogen (secondary N) is 1. The Morgan fingerprint density at radius 3 is 2.38 bits per heavy atom. The second kappa shape index (κ2) is 6.94. The first kappa shape index (κ1) is 13.6. The summed E-state index contributed by atoms with van der Waals surface area (Å²) in [7, 11) is 0. The quantitative estimate of drug-likeness (QED) is 0.749. The Balaban J connectivity index is 2.36. The molecule has 2 N–H and O–H groups in total. The molecule has 0 amide bonds. The number of hydrogen-bond donors (Lipinski definition) is 2. The van der Waals surface area contributed by atoms with E-state index in [1.165, 1.54) is 10.5 Å². The number of aliphatic hydroxyl groups excluding tert-OH is 1. The molecule has 0 fully saturated rings. The highest BCUT2D eigenvalue weighted by atomic mass is 32.2. The lowest BCUT2D eigenvalue weighted by Crippen LogP contribution is -2.28. The predicted molar refractivity (Wildman–Crippen MR) is 70.8 cm³/mol. The minimum atomic E-state index is -0.235. The van der Waals surface area contributed by atoms with Crippen molar-refractivity contribution < 1.29 is 5.11 Å². The van der Waals surface area contributed by atoms with E-state index in [1.54, 1.807) is 11.8 Å². The highest BCUT2D eigenvalue weighted by Gasteiger charge is 2.05. The Morgan fingerprint density at radius 1 is 1.25 bits per heavy atom. The van der Waals surface area contributed by atoms with Crippen LogP contribution in [0.2, 0.25) is 0 Å². The van der Waals surface area contributed by atoms with Crippen molar-refractivity contribution >= 4 is 11.8 Å². The van der Waals surface area contributed by atoms with Gasteiger partial charge in [-0.05, 0) is 44.2 Å². The largest absolute Gasteiger partial charge is 0.393 e. The minimum Gasteiger partial charge on any atom is -0.393 e. The summed E-state index contributed by atoms with van der Waals surface area (Å²) in [5.41, 5.74) is 1.29. The normalized spacial score (nSPS) is 14.8. The van der Waals surface area contributed by atoms with Gasteiger partial charge in [-0.3, -0.25) is 0 Å². The molecule has 0 bridgehead atoms. The first-order valence-corrected chi connectivity index (χ1v) is 6.88. The SMILES string of the molecule is CSc1ccc(CN[C@H](C)C[C@H](C)O)cc1. The summed E-state index contributed by atoms with van der Waals surface area (Å²) in [6, 6.07) is 8.92. The number of rotatable bonds is 6. The van der Waals surface area contributed by atoms with Crippen LogP contribution in [0, 0.1) is 0 Å². The zero-order valence-corrected chi connectivity index (χ0v) is 11.1. The fourth-order valence-electron chi connectivity index (χ4n) is 1.63. The van der Waals surface area contributed by atoms with Gasteiger partial charge in [0.1, 0.15) is 0 Å². The van der Waals surface area contributed by atoms with Crippen LogP contribution in [0.5, 0.6) is 0 Å². The Labute approximate surface area is 102 Å². The van der Waals surface area contributed by atoms with E-state index in [0.717, 1.165) is 13.0 Å². The lowest BCUT2D eigenvalue weighted by Gasteiger charge is -2.15. The first-order chi connectivity index (χ1) is 7.61. The number of benzene rings is 1. The summed E-state index contributed by atoms with van der Waals surface area (Å²) in [5.74, 6) is 0. The molecular weight excluding hydrogens is 218 g/mol. The molecule has 0 aliphatic carbocycles. The molecule has 1 aromatic rings. The van der Waals surface area contributed by atoms with Gasteiger partial charge in [0, 0.05) is 17.5 Å². The highest BCUT2D eigenvalue weighted by molar-refractivity contribution is 7.98. The molecule has 90 valence electrons. The van der Waals surface area contributed by atoms with Gasteiger partial charge in [0.2, 0.25) is 0 Å². The summed E-state index contributed by atoms with van der Waals surface area (Å²) in [6.45, 7) is 4.79. The van der Waals surface area contributed by atoms with Crippen LogP contribution in [-0.2, 0) is 6.54 Å². The van der Waals surface area contributed by atoms with Gasteiger partial charge >= 0.3 is 0 Å². The van der Waals surface area contributed by atoms with Crippen LogP contribution in [0.4, 0.5) is 0 Å². The minimum absolute atomic E-state index is 0.235. The van der Waals surface area contributed by atoms with Crippen LogP contribution in [0.1, 0.15) is 25.8 Å². The molecular formula is C13H21NOS. The van der Waals surface area contributed by atoms with E-state index in [9.17, 15) is 5.11 Å². The Kier molecular flexibility index (Phi) is 5.88. The van der Waals surface area contributed by atoms with Gasteiger partial charge in [-0.15, -0.1) is 11.8 Å². The van der Waals surface area contributed by atoms with Gasteiger partial charge in [-0.1, -0.05) is 12.1 Å². The Bertz CT molecular complexity index is 297. The molecule has 0 aliphatic rings. The van der Waals surface area contributed by atoms with Crippen LogP contribution in [-0.4, -0.2) is 23.5 Å². The Morgan fingerprint density at radius 2 is 1.88 bits per heavy atom. The highest BCUT2D eigenvalue weighted by Crippen LogP contribution is 2.14. The van der Waals surface area contributed by atoms with Crippen LogP contribution in [0.3, 0.4) is 0 Å². The van der Waals surface area contributed by atoms with Gasteiger partial charge in [-0.25, -0.2) is 0 Å². The van der Waals surface area contributed by atoms with Crippen molar-refractivity contribution in [3.63, 3.8) is 0 Å². The standard InChI is InChI=1S/C13H21NOS/c1-10(8-11(2)15)14-9-12-4-6-13(16-3)7-5-12/h4-7,10-11,14-15H,8-9H2,1-3H3/t10-,11+/m1/s1. The third-order valence-corrected chi connectivity index (χ3v) is 3.25. The molecule has 0 heterocycles. The fourth-order valence-corrected chi connectivity index (χ4v) is 2.04. The smallest absolute Gasteiger partial charge is 0.0526 e. The molecule has 0 aliphatic heterocycles. The van der Waals surface area contributed by atoms with Crippen molar-refractivity contribution in [3.05, 3.63) is 29.8 Å². The van der Waals surface area contributed by atoms with E-state index in [-0.39, 0.29) is 6.10 Å². The monoisotopic (exact) mass is 239 g/mol. The molecule has 0 aromatic heterocycles. The zero-order chi connectivity index (χ0) is 12.0. The predicted octanol–water partition coefficient (Wildman–Crippen LogP) is 2.66. The van der Waals surface area contributed by atoms with Gasteiger partial charge in [0.25, 0.3) is 0 Å². The zero-order valence-electron chi connectivity index (χ0n) is 10.2. The number of hydrogen-bond acceptors (Lipinski definition) is 3. The summed E-state index contributed by atoms with van der Waals surface area (Å²) >= 11 is 1.76. The molecule has 16 heavy (non-hydrogen) atoms. The van der Waals surface area contributed by atoms with Gasteiger partial charge < -0.3 is 10.4 Å². The van der Waals surface area contributed by atoms with Crippen molar-refractivity contribution in [3.8, 4) is 0 Å². The van der Waals surface area contributed by atoms with E-state index < -0.39 is 0 Å². The van der Waals surface area contributed by atoms with Crippen LogP contribution in [0.15, 0.2) is 29.2 Å². The maximum absolute atomic E-state index is 9.25. The molecule has 0 radical (unpaired) electrons. The van der Waals surface area contributed by atoms with Crippen molar-refractivity contribution in [1.82, 2.24) is 5.32 Å². The van der Waals surface area contributed by atoms with Crippen molar-refractivity contribution in [2.24, 2.45) is 0 Å². The van der Waals surface area contributed by atoms with Gasteiger partial charge in [-0.2, -0.15) is 0 Å². The van der Waals surface area contributed by atoms with E-state index in [1.807, 2.05) is 6.92 Å². The molecule has 0 saturated carbocycles. The van der Waals surface area contributed by atoms with E-state index in [0.29, 0.717) is 6.04 Å². The maximum atomic E-state index is 9.25. The van der Waals surface area contributed by atoms with Crippen molar-refractivity contribution in [2.75, 3.05) is 6.26 Å². The summed E-state index contributed by atoms with van der Waals surface area (Å²) in [6.07, 6.45) is 2.64. The van der Waals surface area contributed by atoms with Crippen LogP contribution < -0.4 is 5.32 Å². The lowest BCUT2D eigenvalue weighted by molar-refractivity contribution is 0.170. The molecule has 1 aromatic carbocycles. The van der Waals surface area contributed by atoms with E-state index >= 15 is 0 Å².